The minimum Gasteiger partial charge on any atom is -0.507 e. The Morgan fingerprint density at radius 2 is 1.90 bits per heavy atom. The van der Waals surface area contributed by atoms with Crippen LogP contribution < -0.4 is 0 Å². The van der Waals surface area contributed by atoms with Crippen molar-refractivity contribution in [1.82, 2.24) is 14.8 Å². The van der Waals surface area contributed by atoms with Crippen molar-refractivity contribution in [2.75, 3.05) is 27.2 Å². The summed E-state index contributed by atoms with van der Waals surface area (Å²) in [4.78, 5) is 32.6. The third-order valence-corrected chi connectivity index (χ3v) is 5.91. The number of ketones is 1. The number of Topliss-reactive ketones (excluding diaryl/α,β-unsaturated/α-hetero) is 1. The van der Waals surface area contributed by atoms with Gasteiger partial charge in [0.1, 0.15) is 5.76 Å². The van der Waals surface area contributed by atoms with Crippen LogP contribution in [0.3, 0.4) is 0 Å². The lowest BCUT2D eigenvalue weighted by molar-refractivity contribution is -0.140. The molecule has 1 saturated heterocycles. The summed E-state index contributed by atoms with van der Waals surface area (Å²) in [5, 5.41) is 11.2. The minimum absolute atomic E-state index is 0.125. The number of likely N-dealkylation sites (N-methyl/N-ethyl adjacent to an activating group) is 1. The Morgan fingerprint density at radius 3 is 2.45 bits per heavy atom. The smallest absolute Gasteiger partial charge is 0.295 e. The molecule has 7 heteroatoms. The van der Waals surface area contributed by atoms with E-state index in [1.807, 2.05) is 64.0 Å². The number of rotatable bonds is 5. The van der Waals surface area contributed by atoms with Crippen molar-refractivity contribution < 1.29 is 14.7 Å². The number of carbonyl (C=O) groups is 2. The molecule has 2 N–H and O–H groups in total. The highest BCUT2D eigenvalue weighted by atomic mass is 79.9. The average Bonchev–Trinajstić information content (AvgIpc) is 3.05. The quantitative estimate of drug-likeness (QED) is 0.406. The molecule has 1 aliphatic rings. The number of amides is 1. The van der Waals surface area contributed by atoms with E-state index in [1.165, 1.54) is 0 Å². The van der Waals surface area contributed by atoms with Crippen LogP contribution in [0.1, 0.15) is 34.1 Å². The largest absolute Gasteiger partial charge is 0.507 e. The number of aromatic nitrogens is 1. The molecule has 0 spiro atoms. The van der Waals surface area contributed by atoms with E-state index in [0.717, 1.165) is 27.0 Å². The van der Waals surface area contributed by atoms with Gasteiger partial charge < -0.3 is 19.9 Å². The van der Waals surface area contributed by atoms with E-state index in [1.54, 1.807) is 4.90 Å². The number of aryl methyl sites for hydroxylation is 2. The van der Waals surface area contributed by atoms with Gasteiger partial charge in [0.15, 0.2) is 0 Å². The maximum Gasteiger partial charge on any atom is 0.295 e. The Balaban J connectivity index is 2.22. The number of aliphatic hydroxyl groups is 1. The second-order valence-electron chi connectivity index (χ2n) is 7.73. The predicted molar refractivity (Wildman–Crippen MR) is 117 cm³/mol. The zero-order valence-corrected chi connectivity index (χ0v) is 18.9. The van der Waals surface area contributed by atoms with Gasteiger partial charge in [-0.15, -0.1) is 0 Å². The molecule has 29 heavy (non-hydrogen) atoms. The number of aliphatic hydroxyl groups excluding tert-OH is 1. The number of nitrogens with one attached hydrogen (secondary N) is 1. The zero-order valence-electron chi connectivity index (χ0n) is 17.3. The number of nitrogens with zero attached hydrogens (tertiary/aromatic N) is 2. The first kappa shape index (κ1) is 21.3. The maximum absolute atomic E-state index is 13.0. The van der Waals surface area contributed by atoms with Crippen LogP contribution in [0.5, 0.6) is 0 Å². The number of carbonyl (C=O) groups excluding carboxylic acids is 2. The van der Waals surface area contributed by atoms with Gasteiger partial charge in [0.05, 0.1) is 11.6 Å². The number of H-pyrrole nitrogens is 1. The van der Waals surface area contributed by atoms with Gasteiger partial charge in [0, 0.05) is 34.5 Å². The monoisotopic (exact) mass is 459 g/mol. The fraction of sp³-hybridized carbons (Fsp3) is 0.364. The molecule has 0 radical (unpaired) electrons. The summed E-state index contributed by atoms with van der Waals surface area (Å²) < 4.78 is 0.845. The van der Waals surface area contributed by atoms with Crippen LogP contribution in [0.25, 0.3) is 5.76 Å². The van der Waals surface area contributed by atoms with E-state index in [4.69, 9.17) is 0 Å². The number of hydrogen-bond donors (Lipinski definition) is 2. The normalized spacial score (nSPS) is 18.9. The summed E-state index contributed by atoms with van der Waals surface area (Å²) in [7, 11) is 3.83. The lowest BCUT2D eigenvalue weighted by Crippen LogP contribution is -2.35. The lowest BCUT2D eigenvalue weighted by atomic mass is 9.94. The van der Waals surface area contributed by atoms with Crippen LogP contribution >= 0.6 is 15.9 Å². The van der Waals surface area contributed by atoms with Crippen molar-refractivity contribution in [2.24, 2.45) is 0 Å². The molecule has 1 aromatic carbocycles. The Bertz CT molecular complexity index is 1010. The second-order valence-corrected chi connectivity index (χ2v) is 8.64. The molecule has 0 bridgehead atoms. The van der Waals surface area contributed by atoms with Gasteiger partial charge >= 0.3 is 0 Å². The molecular formula is C22H26BrN3O3. The first-order chi connectivity index (χ1) is 13.6. The molecule has 0 aliphatic carbocycles. The molecule has 6 nitrogen and oxygen atoms in total. The first-order valence-corrected chi connectivity index (χ1v) is 10.3. The molecule has 1 aliphatic heterocycles. The predicted octanol–water partition coefficient (Wildman–Crippen LogP) is 3.69. The highest BCUT2D eigenvalue weighted by Gasteiger charge is 2.46. The first-order valence-electron chi connectivity index (χ1n) is 9.48. The van der Waals surface area contributed by atoms with Crippen LogP contribution in [0.2, 0.25) is 0 Å². The van der Waals surface area contributed by atoms with Gasteiger partial charge in [0.25, 0.3) is 11.7 Å². The lowest BCUT2D eigenvalue weighted by Gasteiger charge is -2.26. The molecule has 1 unspecified atom stereocenters. The number of aromatic amines is 1. The number of halogens is 1. The van der Waals surface area contributed by atoms with Gasteiger partial charge in [-0.3, -0.25) is 9.59 Å². The fourth-order valence-electron chi connectivity index (χ4n) is 3.84. The van der Waals surface area contributed by atoms with Crippen LogP contribution in [0.15, 0.2) is 34.3 Å². The third-order valence-electron chi connectivity index (χ3n) is 5.42. The van der Waals surface area contributed by atoms with Crippen molar-refractivity contribution in [1.29, 1.82) is 0 Å². The summed E-state index contributed by atoms with van der Waals surface area (Å²) in [6.07, 6.45) is 0. The summed E-state index contributed by atoms with van der Waals surface area (Å²) in [5.74, 6) is -1.36. The van der Waals surface area contributed by atoms with Crippen LogP contribution in [0, 0.1) is 20.8 Å². The molecule has 1 aromatic heterocycles. The average molecular weight is 460 g/mol. The fourth-order valence-corrected chi connectivity index (χ4v) is 4.25. The summed E-state index contributed by atoms with van der Waals surface area (Å²) in [5.41, 5.74) is 4.06. The Labute approximate surface area is 179 Å². The SMILES string of the molecule is Cc1[nH]c(C)c(/C(O)=C2\C(=O)C(=O)N(CCN(C)C)C2c2cccc(Br)c2)c1C. The molecule has 3 rings (SSSR count). The maximum atomic E-state index is 13.0. The van der Waals surface area contributed by atoms with E-state index in [9.17, 15) is 14.7 Å². The molecule has 2 aromatic rings. The van der Waals surface area contributed by atoms with Gasteiger partial charge in [-0.2, -0.15) is 0 Å². The standard InChI is InChI=1S/C22H26BrN3O3/c1-12-13(2)24-14(3)17(12)20(27)18-19(15-7-6-8-16(23)11-15)26(10-9-25(4)5)22(29)21(18)28/h6-8,11,19,24,27H,9-10H2,1-5H3/b20-18+. The van der Waals surface area contributed by atoms with Crippen molar-refractivity contribution in [3.05, 3.63) is 62.4 Å². The highest BCUT2D eigenvalue weighted by molar-refractivity contribution is 9.10. The Hall–Kier alpha value is -2.38. The Morgan fingerprint density at radius 1 is 1.21 bits per heavy atom. The second kappa shape index (κ2) is 8.16. The molecule has 2 heterocycles. The number of benzene rings is 1. The zero-order chi connectivity index (χ0) is 21.5. The van der Waals surface area contributed by atoms with Crippen molar-refractivity contribution >= 4 is 33.4 Å². The van der Waals surface area contributed by atoms with Crippen molar-refractivity contribution in [2.45, 2.75) is 26.8 Å². The summed E-state index contributed by atoms with van der Waals surface area (Å²) in [6, 6.07) is 6.87. The van der Waals surface area contributed by atoms with Crippen molar-refractivity contribution in [3.8, 4) is 0 Å². The van der Waals surface area contributed by atoms with Crippen LogP contribution in [-0.2, 0) is 9.59 Å². The summed E-state index contributed by atoms with van der Waals surface area (Å²) >= 11 is 3.47. The molecule has 154 valence electrons. The molecule has 1 fully saturated rings. The Kier molecular flexibility index (Phi) is 6.00. The topological polar surface area (TPSA) is 76.6 Å². The van der Waals surface area contributed by atoms with E-state index in [2.05, 4.69) is 20.9 Å². The van der Waals surface area contributed by atoms with Crippen molar-refractivity contribution in [3.63, 3.8) is 0 Å². The van der Waals surface area contributed by atoms with Crippen LogP contribution in [0.4, 0.5) is 0 Å². The van der Waals surface area contributed by atoms with E-state index >= 15 is 0 Å². The summed E-state index contributed by atoms with van der Waals surface area (Å²) in [6.45, 7) is 6.66. The molecular weight excluding hydrogens is 434 g/mol. The van der Waals surface area contributed by atoms with Gasteiger partial charge in [-0.1, -0.05) is 28.1 Å². The van der Waals surface area contributed by atoms with E-state index in [0.29, 0.717) is 18.7 Å². The van der Waals surface area contributed by atoms with Gasteiger partial charge in [-0.05, 0) is 58.1 Å². The van der Waals surface area contributed by atoms with E-state index in [-0.39, 0.29) is 11.3 Å². The molecule has 1 amide bonds. The molecule has 0 saturated carbocycles. The molecule has 1 atom stereocenters. The van der Waals surface area contributed by atoms with Gasteiger partial charge in [-0.25, -0.2) is 0 Å². The highest BCUT2D eigenvalue weighted by Crippen LogP contribution is 2.41. The number of likely N-dealkylation sites (tertiary alicyclic amines) is 1. The van der Waals surface area contributed by atoms with E-state index < -0.39 is 17.7 Å². The minimum atomic E-state index is -0.649. The number of hydrogen-bond acceptors (Lipinski definition) is 4. The van der Waals surface area contributed by atoms with Crippen LogP contribution in [-0.4, -0.2) is 58.8 Å². The van der Waals surface area contributed by atoms with Gasteiger partial charge in [0.2, 0.25) is 0 Å². The third kappa shape index (κ3) is 3.89.